The number of amides is 1. The van der Waals surface area contributed by atoms with Crippen LogP contribution in [-0.4, -0.2) is 44.1 Å². The summed E-state index contributed by atoms with van der Waals surface area (Å²) in [7, 11) is 0. The molecule has 2 aromatic heterocycles. The van der Waals surface area contributed by atoms with Gasteiger partial charge in [-0.1, -0.05) is 42.1 Å². The molecule has 1 aliphatic rings. The molecule has 3 aromatic rings. The number of carbonyl (C=O) groups is 1. The normalized spacial score (nSPS) is 15.7. The molecule has 1 aliphatic heterocycles. The molecule has 4 rings (SSSR count). The summed E-state index contributed by atoms with van der Waals surface area (Å²) in [4.78, 5) is 17.1. The van der Waals surface area contributed by atoms with Gasteiger partial charge in [0.05, 0.1) is 24.0 Å². The predicted octanol–water partition coefficient (Wildman–Crippen LogP) is 3.67. The molecule has 3 heterocycles. The van der Waals surface area contributed by atoms with Gasteiger partial charge in [0.1, 0.15) is 11.9 Å². The fraction of sp³-hybridized carbons (Fsp3) is 0.364. The first-order chi connectivity index (χ1) is 15.1. The maximum Gasteiger partial charge on any atom is 0.235 e. The van der Waals surface area contributed by atoms with Crippen LogP contribution in [0.1, 0.15) is 29.7 Å². The Kier molecular flexibility index (Phi) is 6.39. The monoisotopic (exact) mass is 436 g/mol. The molecule has 1 unspecified atom stereocenters. The molecule has 0 spiro atoms. The van der Waals surface area contributed by atoms with E-state index in [0.717, 1.165) is 36.3 Å². The SMILES string of the molecule is Cc1c(C#N)c(NC(=O)CSc2n[nH]c(-c3ccccc3)n2)n(CC2CCCO2)c1C. The number of aromatic nitrogens is 4. The maximum absolute atomic E-state index is 12.7. The van der Waals surface area contributed by atoms with Crippen molar-refractivity contribution in [1.29, 1.82) is 5.26 Å². The first-order valence-electron chi connectivity index (χ1n) is 10.2. The van der Waals surface area contributed by atoms with Crippen LogP contribution in [0.15, 0.2) is 35.5 Å². The number of carbonyl (C=O) groups excluding carboxylic acids is 1. The Bertz CT molecular complexity index is 1110. The minimum atomic E-state index is -0.210. The second kappa shape index (κ2) is 9.37. The molecule has 9 heteroatoms. The van der Waals surface area contributed by atoms with E-state index in [4.69, 9.17) is 4.74 Å². The Labute approximate surface area is 185 Å². The lowest BCUT2D eigenvalue weighted by molar-refractivity contribution is -0.113. The number of H-pyrrole nitrogens is 1. The van der Waals surface area contributed by atoms with Gasteiger partial charge in [-0.25, -0.2) is 4.98 Å². The summed E-state index contributed by atoms with van der Waals surface area (Å²) in [6.07, 6.45) is 2.12. The number of nitriles is 1. The van der Waals surface area contributed by atoms with Gasteiger partial charge < -0.3 is 14.6 Å². The van der Waals surface area contributed by atoms with E-state index in [1.807, 2.05) is 48.7 Å². The molecular formula is C22H24N6O2S. The Morgan fingerprint density at radius 3 is 2.90 bits per heavy atom. The number of rotatable bonds is 7. The van der Waals surface area contributed by atoms with Crippen molar-refractivity contribution >= 4 is 23.5 Å². The van der Waals surface area contributed by atoms with Crippen molar-refractivity contribution in [2.24, 2.45) is 0 Å². The van der Waals surface area contributed by atoms with Gasteiger partial charge in [-0.15, -0.1) is 5.10 Å². The van der Waals surface area contributed by atoms with Gasteiger partial charge in [0.2, 0.25) is 11.1 Å². The third-order valence-corrected chi connectivity index (χ3v) is 6.30. The summed E-state index contributed by atoms with van der Waals surface area (Å²) < 4.78 is 7.75. The molecule has 31 heavy (non-hydrogen) atoms. The third-order valence-electron chi connectivity index (χ3n) is 5.45. The topological polar surface area (TPSA) is 109 Å². The second-order valence-electron chi connectivity index (χ2n) is 7.46. The second-order valence-corrected chi connectivity index (χ2v) is 8.40. The smallest absolute Gasteiger partial charge is 0.235 e. The summed E-state index contributed by atoms with van der Waals surface area (Å²) in [5.41, 5.74) is 3.28. The van der Waals surface area contributed by atoms with Crippen LogP contribution in [0.3, 0.4) is 0 Å². The van der Waals surface area contributed by atoms with Crippen LogP contribution < -0.4 is 5.32 Å². The highest BCUT2D eigenvalue weighted by Gasteiger charge is 2.24. The van der Waals surface area contributed by atoms with Gasteiger partial charge in [-0.3, -0.25) is 9.89 Å². The number of nitrogens with zero attached hydrogens (tertiary/aromatic N) is 4. The molecule has 1 amide bonds. The van der Waals surface area contributed by atoms with E-state index in [0.29, 0.717) is 28.9 Å². The van der Waals surface area contributed by atoms with Crippen LogP contribution in [0, 0.1) is 25.2 Å². The number of nitrogens with one attached hydrogen (secondary N) is 2. The minimum absolute atomic E-state index is 0.103. The lowest BCUT2D eigenvalue weighted by Crippen LogP contribution is -2.22. The Hall–Kier alpha value is -3.09. The molecule has 0 aliphatic carbocycles. The zero-order valence-corrected chi connectivity index (χ0v) is 18.3. The number of hydrogen-bond donors (Lipinski definition) is 2. The number of ether oxygens (including phenoxy) is 1. The molecule has 1 aromatic carbocycles. The fourth-order valence-electron chi connectivity index (χ4n) is 3.68. The summed E-state index contributed by atoms with van der Waals surface area (Å²) >= 11 is 1.24. The van der Waals surface area contributed by atoms with Gasteiger partial charge >= 0.3 is 0 Å². The lowest BCUT2D eigenvalue weighted by Gasteiger charge is -2.16. The van der Waals surface area contributed by atoms with E-state index >= 15 is 0 Å². The van der Waals surface area contributed by atoms with Crippen LogP contribution in [0.5, 0.6) is 0 Å². The van der Waals surface area contributed by atoms with Crippen molar-refractivity contribution < 1.29 is 9.53 Å². The minimum Gasteiger partial charge on any atom is -0.376 e. The number of thioether (sulfide) groups is 1. The predicted molar refractivity (Wildman–Crippen MR) is 119 cm³/mol. The van der Waals surface area contributed by atoms with Crippen molar-refractivity contribution in [3.63, 3.8) is 0 Å². The number of aromatic amines is 1. The summed E-state index contributed by atoms with van der Waals surface area (Å²) in [6, 6.07) is 11.9. The molecule has 2 N–H and O–H groups in total. The van der Waals surface area contributed by atoms with Crippen molar-refractivity contribution in [1.82, 2.24) is 19.7 Å². The highest BCUT2D eigenvalue weighted by atomic mass is 32.2. The van der Waals surface area contributed by atoms with Crippen LogP contribution in [-0.2, 0) is 16.1 Å². The molecule has 160 valence electrons. The van der Waals surface area contributed by atoms with E-state index < -0.39 is 0 Å². The van der Waals surface area contributed by atoms with Gasteiger partial charge in [0.25, 0.3) is 0 Å². The highest BCUT2D eigenvalue weighted by molar-refractivity contribution is 7.99. The zero-order chi connectivity index (χ0) is 21.8. The van der Waals surface area contributed by atoms with Crippen molar-refractivity contribution in [2.45, 2.75) is 44.5 Å². The lowest BCUT2D eigenvalue weighted by atomic mass is 10.2. The molecule has 8 nitrogen and oxygen atoms in total. The summed E-state index contributed by atoms with van der Waals surface area (Å²) in [6.45, 7) is 5.25. The molecule has 0 radical (unpaired) electrons. The molecule has 0 saturated carbocycles. The number of benzene rings is 1. The van der Waals surface area contributed by atoms with Gasteiger partial charge in [-0.2, -0.15) is 5.26 Å². The average Bonchev–Trinajstić information content (AvgIpc) is 3.51. The van der Waals surface area contributed by atoms with Gasteiger partial charge in [0, 0.05) is 17.9 Å². The van der Waals surface area contributed by atoms with Crippen molar-refractivity contribution in [3.05, 3.63) is 47.2 Å². The number of anilines is 1. The van der Waals surface area contributed by atoms with Crippen molar-refractivity contribution in [2.75, 3.05) is 17.7 Å². The van der Waals surface area contributed by atoms with Gasteiger partial charge in [0.15, 0.2) is 5.82 Å². The molecule has 1 fully saturated rings. The average molecular weight is 437 g/mol. The molecule has 1 saturated heterocycles. The Morgan fingerprint density at radius 2 is 2.19 bits per heavy atom. The quantitative estimate of drug-likeness (QED) is 0.547. The number of hydrogen-bond acceptors (Lipinski definition) is 6. The van der Waals surface area contributed by atoms with E-state index in [2.05, 4.69) is 26.6 Å². The largest absolute Gasteiger partial charge is 0.376 e. The van der Waals surface area contributed by atoms with Crippen LogP contribution in [0.4, 0.5) is 5.82 Å². The Morgan fingerprint density at radius 1 is 1.39 bits per heavy atom. The van der Waals surface area contributed by atoms with Crippen molar-refractivity contribution in [3.8, 4) is 17.5 Å². The molecular weight excluding hydrogens is 412 g/mol. The first kappa shape index (κ1) is 21.2. The van der Waals surface area contributed by atoms with E-state index in [-0.39, 0.29) is 17.8 Å². The van der Waals surface area contributed by atoms with Crippen LogP contribution >= 0.6 is 11.8 Å². The maximum atomic E-state index is 12.7. The van der Waals surface area contributed by atoms with Crippen LogP contribution in [0.2, 0.25) is 0 Å². The zero-order valence-electron chi connectivity index (χ0n) is 17.5. The molecule has 0 bridgehead atoms. The summed E-state index contributed by atoms with van der Waals surface area (Å²) in [5, 5.41) is 20.2. The summed E-state index contributed by atoms with van der Waals surface area (Å²) in [5.74, 6) is 1.13. The van der Waals surface area contributed by atoms with Gasteiger partial charge in [-0.05, 0) is 32.3 Å². The first-order valence-corrected chi connectivity index (χ1v) is 11.2. The van der Waals surface area contributed by atoms with Crippen LogP contribution in [0.25, 0.3) is 11.4 Å². The van der Waals surface area contributed by atoms with E-state index in [1.165, 1.54) is 11.8 Å². The van der Waals surface area contributed by atoms with E-state index in [1.54, 1.807) is 0 Å². The highest BCUT2D eigenvalue weighted by Crippen LogP contribution is 2.29. The third kappa shape index (κ3) is 4.65. The fourth-order valence-corrected chi connectivity index (χ4v) is 4.28. The molecule has 1 atom stereocenters. The standard InChI is InChI=1S/C22H24N6O2S/c1-14-15(2)28(12-17-9-6-10-30-17)21(18(14)11-23)24-19(29)13-31-22-25-20(26-27-22)16-7-4-3-5-8-16/h3-5,7-8,17H,6,9-10,12-13H2,1-2H3,(H,24,29)(H,25,26,27). The van der Waals surface area contributed by atoms with E-state index in [9.17, 15) is 10.1 Å². The Balaban J connectivity index is 1.44.